The van der Waals surface area contributed by atoms with Crippen molar-refractivity contribution >= 4 is 7.28 Å². The third kappa shape index (κ3) is 3.27. The molecule has 1 aromatic carbocycles. The van der Waals surface area contributed by atoms with E-state index in [-0.39, 0.29) is 0 Å². The van der Waals surface area contributed by atoms with Crippen molar-refractivity contribution in [1.29, 1.82) is 0 Å². The predicted molar refractivity (Wildman–Crippen MR) is 51.2 cm³/mol. The van der Waals surface area contributed by atoms with Gasteiger partial charge in [-0.05, 0) is 12.0 Å². The standard InChI is InChI=1S/C10H14B/c1-2-11-9-8-10-6-4-3-5-7-10/h3-7H,2,8-9H2,1H3. The van der Waals surface area contributed by atoms with Crippen LogP contribution in [0.25, 0.3) is 0 Å². The molecule has 0 heterocycles. The van der Waals surface area contributed by atoms with Gasteiger partial charge in [0.05, 0.1) is 0 Å². The van der Waals surface area contributed by atoms with Crippen LogP contribution < -0.4 is 0 Å². The first-order valence-corrected chi connectivity index (χ1v) is 4.29. The molecule has 0 saturated heterocycles. The minimum Gasteiger partial charge on any atom is -0.0831 e. The van der Waals surface area contributed by atoms with E-state index in [2.05, 4.69) is 44.5 Å². The lowest BCUT2D eigenvalue weighted by atomic mass is 9.70. The van der Waals surface area contributed by atoms with Crippen LogP contribution in [0.4, 0.5) is 0 Å². The predicted octanol–water partition coefficient (Wildman–Crippen LogP) is 2.79. The number of hydrogen-bond acceptors (Lipinski definition) is 0. The van der Waals surface area contributed by atoms with E-state index in [1.807, 2.05) is 0 Å². The third-order valence-corrected chi connectivity index (χ3v) is 1.77. The van der Waals surface area contributed by atoms with Gasteiger partial charge in [0.1, 0.15) is 7.28 Å². The van der Waals surface area contributed by atoms with Crippen molar-refractivity contribution < 1.29 is 0 Å². The molecule has 0 atom stereocenters. The quantitative estimate of drug-likeness (QED) is 0.451. The molecular formula is C10H14B. The molecule has 0 fully saturated rings. The molecule has 0 bridgehead atoms. The first-order chi connectivity index (χ1) is 5.43. The molecule has 0 nitrogen and oxygen atoms in total. The fourth-order valence-electron chi connectivity index (χ4n) is 1.12. The molecule has 0 aliphatic carbocycles. The summed E-state index contributed by atoms with van der Waals surface area (Å²) in [5, 5.41) is 0. The lowest BCUT2D eigenvalue weighted by molar-refractivity contribution is 1.11. The smallest absolute Gasteiger partial charge is 0.0831 e. The summed E-state index contributed by atoms with van der Waals surface area (Å²) in [4.78, 5) is 0. The molecule has 0 spiro atoms. The summed E-state index contributed by atoms with van der Waals surface area (Å²) >= 11 is 0. The highest BCUT2D eigenvalue weighted by Crippen LogP contribution is 2.02. The molecule has 1 radical (unpaired) electrons. The van der Waals surface area contributed by atoms with E-state index in [1.54, 1.807) is 0 Å². The molecule has 0 unspecified atom stereocenters. The Morgan fingerprint density at radius 1 is 1.18 bits per heavy atom. The normalized spacial score (nSPS) is 9.55. The van der Waals surface area contributed by atoms with Gasteiger partial charge < -0.3 is 0 Å². The molecular weight excluding hydrogens is 131 g/mol. The van der Waals surface area contributed by atoms with Crippen molar-refractivity contribution in [3.8, 4) is 0 Å². The van der Waals surface area contributed by atoms with Crippen LogP contribution in [0.5, 0.6) is 0 Å². The van der Waals surface area contributed by atoms with Gasteiger partial charge in [0, 0.05) is 0 Å². The van der Waals surface area contributed by atoms with Gasteiger partial charge in [0.25, 0.3) is 0 Å². The van der Waals surface area contributed by atoms with Crippen LogP contribution in [-0.4, -0.2) is 7.28 Å². The highest BCUT2D eigenvalue weighted by molar-refractivity contribution is 6.35. The van der Waals surface area contributed by atoms with Gasteiger partial charge >= 0.3 is 0 Å². The lowest BCUT2D eigenvalue weighted by Crippen LogP contribution is -1.89. The van der Waals surface area contributed by atoms with E-state index in [0.717, 1.165) is 0 Å². The third-order valence-electron chi connectivity index (χ3n) is 1.77. The highest BCUT2D eigenvalue weighted by atomic mass is 13.9. The number of aryl methyl sites for hydroxylation is 1. The zero-order valence-electron chi connectivity index (χ0n) is 7.09. The van der Waals surface area contributed by atoms with E-state index < -0.39 is 0 Å². The summed E-state index contributed by atoms with van der Waals surface area (Å²) in [5.74, 6) is 0. The first-order valence-electron chi connectivity index (χ1n) is 4.29. The molecule has 1 aromatic rings. The van der Waals surface area contributed by atoms with Crippen LogP contribution in [0.15, 0.2) is 30.3 Å². The van der Waals surface area contributed by atoms with Crippen LogP contribution in [0, 0.1) is 0 Å². The Morgan fingerprint density at radius 3 is 2.55 bits per heavy atom. The minimum atomic E-state index is 1.19. The molecule has 0 amide bonds. The van der Waals surface area contributed by atoms with E-state index in [9.17, 15) is 0 Å². The van der Waals surface area contributed by atoms with Crippen LogP contribution in [0.1, 0.15) is 12.5 Å². The average molecular weight is 145 g/mol. The van der Waals surface area contributed by atoms with Gasteiger partial charge in [-0.15, -0.1) is 0 Å². The second-order valence-electron chi connectivity index (χ2n) is 2.72. The Bertz CT molecular complexity index is 181. The summed E-state index contributed by atoms with van der Waals surface area (Å²) in [7, 11) is 2.33. The molecule has 0 saturated carbocycles. The fraction of sp³-hybridized carbons (Fsp3) is 0.400. The zero-order chi connectivity index (χ0) is 7.94. The molecule has 0 aromatic heterocycles. The molecule has 0 aliphatic heterocycles. The largest absolute Gasteiger partial charge is 0.109 e. The van der Waals surface area contributed by atoms with Gasteiger partial charge in [-0.2, -0.15) is 0 Å². The maximum absolute atomic E-state index is 2.33. The molecule has 0 N–H and O–H groups in total. The van der Waals surface area contributed by atoms with Gasteiger partial charge in [-0.25, -0.2) is 0 Å². The van der Waals surface area contributed by atoms with Gasteiger partial charge in [0.15, 0.2) is 0 Å². The Morgan fingerprint density at radius 2 is 1.91 bits per heavy atom. The van der Waals surface area contributed by atoms with Crippen LogP contribution in [-0.2, 0) is 6.42 Å². The van der Waals surface area contributed by atoms with E-state index in [1.165, 1.54) is 24.6 Å². The van der Waals surface area contributed by atoms with E-state index in [0.29, 0.717) is 0 Å². The van der Waals surface area contributed by atoms with Gasteiger partial charge in [-0.3, -0.25) is 0 Å². The van der Waals surface area contributed by atoms with Crippen molar-refractivity contribution in [2.45, 2.75) is 26.0 Å². The second-order valence-corrected chi connectivity index (χ2v) is 2.72. The van der Waals surface area contributed by atoms with Gasteiger partial charge in [-0.1, -0.05) is 49.9 Å². The number of benzene rings is 1. The SMILES string of the molecule is CC[B]CCc1ccccc1. The fourth-order valence-corrected chi connectivity index (χ4v) is 1.12. The van der Waals surface area contributed by atoms with Crippen molar-refractivity contribution in [1.82, 2.24) is 0 Å². The number of rotatable bonds is 4. The second kappa shape index (κ2) is 5.00. The maximum atomic E-state index is 2.33. The Balaban J connectivity index is 2.28. The Hall–Kier alpha value is -0.715. The monoisotopic (exact) mass is 145 g/mol. The summed E-state index contributed by atoms with van der Waals surface area (Å²) in [6.07, 6.45) is 3.59. The van der Waals surface area contributed by atoms with Crippen molar-refractivity contribution in [3.05, 3.63) is 35.9 Å². The van der Waals surface area contributed by atoms with Crippen LogP contribution in [0.3, 0.4) is 0 Å². The van der Waals surface area contributed by atoms with E-state index in [4.69, 9.17) is 0 Å². The minimum absolute atomic E-state index is 1.19. The van der Waals surface area contributed by atoms with E-state index >= 15 is 0 Å². The summed E-state index contributed by atoms with van der Waals surface area (Å²) < 4.78 is 0. The number of hydrogen-bond donors (Lipinski definition) is 0. The molecule has 0 aliphatic rings. The molecule has 11 heavy (non-hydrogen) atoms. The highest BCUT2D eigenvalue weighted by Gasteiger charge is 1.90. The zero-order valence-corrected chi connectivity index (χ0v) is 7.09. The van der Waals surface area contributed by atoms with Crippen LogP contribution >= 0.6 is 0 Å². The summed E-state index contributed by atoms with van der Waals surface area (Å²) in [6, 6.07) is 10.6. The first kappa shape index (κ1) is 8.38. The topological polar surface area (TPSA) is 0 Å². The van der Waals surface area contributed by atoms with Gasteiger partial charge in [0.2, 0.25) is 0 Å². The molecule has 1 rings (SSSR count). The molecule has 57 valence electrons. The summed E-state index contributed by atoms with van der Waals surface area (Å²) in [6.45, 7) is 2.19. The molecule has 1 heteroatoms. The van der Waals surface area contributed by atoms with Crippen molar-refractivity contribution in [2.24, 2.45) is 0 Å². The maximum Gasteiger partial charge on any atom is 0.109 e. The van der Waals surface area contributed by atoms with Crippen molar-refractivity contribution in [2.75, 3.05) is 0 Å². The van der Waals surface area contributed by atoms with Crippen LogP contribution in [0.2, 0.25) is 12.6 Å². The summed E-state index contributed by atoms with van der Waals surface area (Å²) in [5.41, 5.74) is 1.44. The Labute approximate surface area is 69.9 Å². The Kier molecular flexibility index (Phi) is 3.81. The average Bonchev–Trinajstić information content (AvgIpc) is 2.07. The lowest BCUT2D eigenvalue weighted by Gasteiger charge is -1.97. The van der Waals surface area contributed by atoms with Crippen molar-refractivity contribution in [3.63, 3.8) is 0 Å².